The monoisotopic (exact) mass is 546 g/mol. The van der Waals surface area contributed by atoms with Crippen molar-refractivity contribution in [2.45, 2.75) is 45.6 Å². The summed E-state index contributed by atoms with van der Waals surface area (Å²) in [4.78, 5) is 40.6. The number of carbonyl (C=O) groups is 3. The van der Waals surface area contributed by atoms with Crippen molar-refractivity contribution in [1.82, 2.24) is 4.90 Å². The summed E-state index contributed by atoms with van der Waals surface area (Å²) < 4.78 is 36.0. The molecule has 206 valence electrons. The van der Waals surface area contributed by atoms with Gasteiger partial charge >= 0.3 is 0 Å². The van der Waals surface area contributed by atoms with Crippen LogP contribution in [0.25, 0.3) is 0 Å². The van der Waals surface area contributed by atoms with Crippen LogP contribution in [0.3, 0.4) is 0 Å². The highest BCUT2D eigenvalue weighted by Gasteiger charge is 2.44. The number of aliphatic hydroxyl groups is 1. The molecule has 38 heavy (non-hydrogen) atoms. The molecule has 1 aliphatic rings. The molecule has 0 saturated carbocycles. The number of hydrogen-bond donors (Lipinski definition) is 2. The number of sulfone groups is 1. The quantitative estimate of drug-likeness (QED) is 0.289. The fourth-order valence-electron chi connectivity index (χ4n) is 4.61. The maximum absolute atomic E-state index is 13.9. The molecule has 10 nitrogen and oxygen atoms in total. The second-order valence-electron chi connectivity index (χ2n) is 9.17. The average molecular weight is 547 g/mol. The van der Waals surface area contributed by atoms with Crippen LogP contribution in [0, 0.1) is 0 Å². The summed E-state index contributed by atoms with van der Waals surface area (Å²) in [6.07, 6.45) is 3.54. The summed E-state index contributed by atoms with van der Waals surface area (Å²) in [6, 6.07) is 6.92. The SMILES string of the molecule is CCOc1cc([C@@H](CS(C)(=O)=O)N2C(=O)c3c(CCCCCO)ccc(NC(C)=O)c3C2=O)ccc1OC. The molecule has 0 saturated heterocycles. The molecular formula is C27H34N2O8S. The van der Waals surface area contributed by atoms with Crippen LogP contribution >= 0.6 is 0 Å². The van der Waals surface area contributed by atoms with Crippen molar-refractivity contribution < 1.29 is 37.4 Å². The predicted octanol–water partition coefficient (Wildman–Crippen LogP) is 3.14. The first kappa shape index (κ1) is 29.1. The molecule has 11 heteroatoms. The zero-order valence-corrected chi connectivity index (χ0v) is 22.9. The molecule has 0 fully saturated rings. The van der Waals surface area contributed by atoms with E-state index in [1.165, 1.54) is 14.0 Å². The van der Waals surface area contributed by atoms with Gasteiger partial charge in [-0.25, -0.2) is 8.42 Å². The van der Waals surface area contributed by atoms with Crippen LogP contribution in [0.15, 0.2) is 30.3 Å². The van der Waals surface area contributed by atoms with Crippen LogP contribution < -0.4 is 14.8 Å². The van der Waals surface area contributed by atoms with Crippen molar-refractivity contribution in [3.63, 3.8) is 0 Å². The summed E-state index contributed by atoms with van der Waals surface area (Å²) in [7, 11) is -2.18. The van der Waals surface area contributed by atoms with E-state index in [4.69, 9.17) is 14.6 Å². The highest BCUT2D eigenvalue weighted by molar-refractivity contribution is 7.90. The Balaban J connectivity index is 2.14. The number of aliphatic hydroxyl groups excluding tert-OH is 1. The van der Waals surface area contributed by atoms with Crippen molar-refractivity contribution in [3.8, 4) is 11.5 Å². The van der Waals surface area contributed by atoms with Crippen molar-refractivity contribution in [3.05, 3.63) is 52.6 Å². The molecule has 1 heterocycles. The van der Waals surface area contributed by atoms with E-state index in [0.29, 0.717) is 48.5 Å². The summed E-state index contributed by atoms with van der Waals surface area (Å²) in [5, 5.41) is 11.7. The van der Waals surface area contributed by atoms with Gasteiger partial charge < -0.3 is 19.9 Å². The van der Waals surface area contributed by atoms with Crippen LogP contribution in [0.4, 0.5) is 5.69 Å². The third-order valence-corrected chi connectivity index (χ3v) is 7.14. The number of methoxy groups -OCH3 is 1. The summed E-state index contributed by atoms with van der Waals surface area (Å²) >= 11 is 0. The minimum Gasteiger partial charge on any atom is -0.493 e. The fourth-order valence-corrected chi connectivity index (χ4v) is 5.53. The first-order valence-corrected chi connectivity index (χ1v) is 14.5. The number of hydrogen-bond acceptors (Lipinski definition) is 8. The number of nitrogens with zero attached hydrogens (tertiary/aromatic N) is 1. The summed E-state index contributed by atoms with van der Waals surface area (Å²) in [6.45, 7) is 3.47. The number of unbranched alkanes of at least 4 members (excludes halogenated alkanes) is 2. The van der Waals surface area contributed by atoms with Gasteiger partial charge in [-0.2, -0.15) is 0 Å². The van der Waals surface area contributed by atoms with E-state index < -0.39 is 39.4 Å². The lowest BCUT2D eigenvalue weighted by Crippen LogP contribution is -2.38. The minimum atomic E-state index is -3.66. The molecule has 0 unspecified atom stereocenters. The van der Waals surface area contributed by atoms with E-state index in [1.807, 2.05) is 0 Å². The molecule has 0 radical (unpaired) electrons. The molecule has 0 spiro atoms. The molecular weight excluding hydrogens is 512 g/mol. The van der Waals surface area contributed by atoms with E-state index in [9.17, 15) is 22.8 Å². The van der Waals surface area contributed by atoms with Gasteiger partial charge in [-0.05, 0) is 55.5 Å². The Morgan fingerprint density at radius 3 is 2.37 bits per heavy atom. The summed E-state index contributed by atoms with van der Waals surface area (Å²) in [5.41, 5.74) is 1.40. The first-order chi connectivity index (χ1) is 18.0. The van der Waals surface area contributed by atoms with Gasteiger partial charge in [-0.15, -0.1) is 0 Å². The fraction of sp³-hybridized carbons (Fsp3) is 0.444. The maximum Gasteiger partial charge on any atom is 0.264 e. The number of anilines is 1. The van der Waals surface area contributed by atoms with Crippen LogP contribution in [0.2, 0.25) is 0 Å². The summed E-state index contributed by atoms with van der Waals surface area (Å²) in [5.74, 6) is -1.45. The van der Waals surface area contributed by atoms with Crippen LogP contribution in [-0.2, 0) is 21.1 Å². The number of carbonyl (C=O) groups excluding carboxylic acids is 3. The zero-order chi connectivity index (χ0) is 28.0. The number of ether oxygens (including phenoxy) is 2. The molecule has 1 atom stereocenters. The highest BCUT2D eigenvalue weighted by atomic mass is 32.2. The third-order valence-electron chi connectivity index (χ3n) is 6.22. The molecule has 1 aliphatic heterocycles. The van der Waals surface area contributed by atoms with Gasteiger partial charge in [0.05, 0.1) is 42.3 Å². The van der Waals surface area contributed by atoms with Crippen LogP contribution in [0.1, 0.15) is 71.0 Å². The Morgan fingerprint density at radius 1 is 1.05 bits per heavy atom. The lowest BCUT2D eigenvalue weighted by Gasteiger charge is -2.27. The Kier molecular flexibility index (Phi) is 9.50. The van der Waals surface area contributed by atoms with Gasteiger partial charge in [0.1, 0.15) is 9.84 Å². The highest BCUT2D eigenvalue weighted by Crippen LogP contribution is 2.40. The number of benzene rings is 2. The van der Waals surface area contributed by atoms with Crippen molar-refractivity contribution in [2.24, 2.45) is 0 Å². The number of rotatable bonds is 13. The molecule has 3 amide bonds. The normalized spacial score (nSPS) is 13.9. The number of aryl methyl sites for hydroxylation is 1. The van der Waals surface area contributed by atoms with Crippen molar-refractivity contribution in [1.29, 1.82) is 0 Å². The smallest absolute Gasteiger partial charge is 0.264 e. The number of imide groups is 1. The average Bonchev–Trinajstić information content (AvgIpc) is 3.11. The molecule has 2 N–H and O–H groups in total. The topological polar surface area (TPSA) is 139 Å². The lowest BCUT2D eigenvalue weighted by atomic mass is 9.96. The van der Waals surface area contributed by atoms with Gasteiger partial charge in [-0.3, -0.25) is 19.3 Å². The van der Waals surface area contributed by atoms with E-state index in [1.54, 1.807) is 37.3 Å². The third kappa shape index (κ3) is 6.51. The molecule has 0 aromatic heterocycles. The predicted molar refractivity (Wildman–Crippen MR) is 143 cm³/mol. The van der Waals surface area contributed by atoms with E-state index in [0.717, 1.165) is 17.6 Å². The molecule has 3 rings (SSSR count). The molecule has 0 bridgehead atoms. The minimum absolute atomic E-state index is 0.0434. The molecule has 2 aromatic carbocycles. The zero-order valence-electron chi connectivity index (χ0n) is 22.1. The van der Waals surface area contributed by atoms with Gasteiger partial charge in [0.25, 0.3) is 11.8 Å². The molecule has 0 aliphatic carbocycles. The maximum atomic E-state index is 13.9. The Bertz CT molecular complexity index is 1320. The van der Waals surface area contributed by atoms with Gasteiger partial charge in [0, 0.05) is 19.8 Å². The second-order valence-corrected chi connectivity index (χ2v) is 11.4. The van der Waals surface area contributed by atoms with Crippen LogP contribution in [0.5, 0.6) is 11.5 Å². The van der Waals surface area contributed by atoms with Gasteiger partial charge in [0.2, 0.25) is 5.91 Å². The van der Waals surface area contributed by atoms with Gasteiger partial charge in [0.15, 0.2) is 11.5 Å². The van der Waals surface area contributed by atoms with Crippen molar-refractivity contribution >= 4 is 33.2 Å². The second kappa shape index (κ2) is 12.4. The number of amides is 3. The van der Waals surface area contributed by atoms with Crippen molar-refractivity contribution in [2.75, 3.05) is 37.6 Å². The van der Waals surface area contributed by atoms with Crippen LogP contribution in [-0.4, -0.2) is 68.5 Å². The van der Waals surface area contributed by atoms with Gasteiger partial charge in [-0.1, -0.05) is 18.6 Å². The Hall–Kier alpha value is -3.44. The van der Waals surface area contributed by atoms with E-state index in [-0.39, 0.29) is 23.4 Å². The Morgan fingerprint density at radius 2 is 1.76 bits per heavy atom. The Labute approximate surface area is 222 Å². The van der Waals surface area contributed by atoms with E-state index >= 15 is 0 Å². The van der Waals surface area contributed by atoms with E-state index in [2.05, 4.69) is 5.32 Å². The number of nitrogens with one attached hydrogen (secondary N) is 1. The number of fused-ring (bicyclic) bond motifs is 1. The largest absolute Gasteiger partial charge is 0.493 e. The lowest BCUT2D eigenvalue weighted by molar-refractivity contribution is -0.114. The molecule has 2 aromatic rings. The standard InChI is InChI=1S/C27H34N2O8S/c1-5-37-23-15-19(11-13-22(23)36-3)21(16-38(4,34)35)29-26(32)24-18(9-7-6-8-14-30)10-12-20(28-17(2)31)25(24)27(29)33/h10-13,15,21,30H,5-9,14,16H2,1-4H3,(H,28,31)/t21-/m1/s1. The first-order valence-electron chi connectivity index (χ1n) is 12.4.